The maximum atomic E-state index is 6.49. The molecular weight excluding hydrogens is 446 g/mol. The Kier molecular flexibility index (Phi) is 5.17. The van der Waals surface area contributed by atoms with Crippen LogP contribution in [0.25, 0.3) is 11.2 Å². The standard InChI is InChI=1S/C18H21BrClN7O/c1-28-8-18(22)2-3-26(7-18)14-5-11(20)4-13(19)12(14)6-27-10-25-15-16(21)23-9-24-17(15)27/h4-5,9-10H,2-3,6-8,22H2,1H3,(H2,21,23,24)/t18-/m1/s1. The zero-order chi connectivity index (χ0) is 19.9. The van der Waals surface area contributed by atoms with Crippen molar-refractivity contribution < 1.29 is 4.74 Å². The highest BCUT2D eigenvalue weighted by Gasteiger charge is 2.35. The van der Waals surface area contributed by atoms with Crippen LogP contribution in [0.15, 0.2) is 29.3 Å². The predicted octanol–water partition coefficient (Wildman–Crippen LogP) is 2.43. The molecule has 0 unspecified atom stereocenters. The van der Waals surface area contributed by atoms with Crippen LogP contribution in [0.2, 0.25) is 5.02 Å². The van der Waals surface area contributed by atoms with Gasteiger partial charge in [0.1, 0.15) is 11.8 Å². The predicted molar refractivity (Wildman–Crippen MR) is 114 cm³/mol. The van der Waals surface area contributed by atoms with E-state index in [1.54, 1.807) is 13.4 Å². The van der Waals surface area contributed by atoms with Crippen LogP contribution in [0.5, 0.6) is 0 Å². The largest absolute Gasteiger partial charge is 0.383 e. The topological polar surface area (TPSA) is 108 Å². The van der Waals surface area contributed by atoms with E-state index in [4.69, 9.17) is 27.8 Å². The lowest BCUT2D eigenvalue weighted by Crippen LogP contribution is -2.46. The monoisotopic (exact) mass is 465 g/mol. The maximum absolute atomic E-state index is 6.49. The van der Waals surface area contributed by atoms with Crippen molar-refractivity contribution in [1.29, 1.82) is 0 Å². The van der Waals surface area contributed by atoms with Gasteiger partial charge in [-0.05, 0) is 18.6 Å². The summed E-state index contributed by atoms with van der Waals surface area (Å²) < 4.78 is 8.18. The number of nitrogens with zero attached hydrogens (tertiary/aromatic N) is 5. The van der Waals surface area contributed by atoms with Gasteiger partial charge in [0.15, 0.2) is 11.5 Å². The number of aromatic nitrogens is 4. The van der Waals surface area contributed by atoms with Crippen molar-refractivity contribution in [2.24, 2.45) is 5.73 Å². The lowest BCUT2D eigenvalue weighted by molar-refractivity contribution is 0.142. The van der Waals surface area contributed by atoms with Crippen LogP contribution in [0.4, 0.5) is 11.5 Å². The average molecular weight is 467 g/mol. The second kappa shape index (κ2) is 7.47. The van der Waals surface area contributed by atoms with Gasteiger partial charge in [0.25, 0.3) is 0 Å². The van der Waals surface area contributed by atoms with Crippen LogP contribution in [0, 0.1) is 0 Å². The number of fused-ring (bicyclic) bond motifs is 1. The van der Waals surface area contributed by atoms with E-state index >= 15 is 0 Å². The highest BCUT2D eigenvalue weighted by molar-refractivity contribution is 9.10. The van der Waals surface area contributed by atoms with Crippen LogP contribution < -0.4 is 16.4 Å². The second-order valence-corrected chi connectivity index (χ2v) is 8.45. The van der Waals surface area contributed by atoms with Gasteiger partial charge in [-0.2, -0.15) is 0 Å². The molecule has 8 nitrogen and oxygen atoms in total. The summed E-state index contributed by atoms with van der Waals surface area (Å²) in [6, 6.07) is 3.87. The second-order valence-electron chi connectivity index (χ2n) is 7.16. The van der Waals surface area contributed by atoms with Crippen molar-refractivity contribution in [2.45, 2.75) is 18.5 Å². The highest BCUT2D eigenvalue weighted by Crippen LogP contribution is 2.36. The smallest absolute Gasteiger partial charge is 0.165 e. The number of hydrogen-bond donors (Lipinski definition) is 2. The molecule has 0 spiro atoms. The highest BCUT2D eigenvalue weighted by atomic mass is 79.9. The third-order valence-electron chi connectivity index (χ3n) is 5.05. The van der Waals surface area contributed by atoms with Gasteiger partial charge >= 0.3 is 0 Å². The number of hydrogen-bond acceptors (Lipinski definition) is 7. The van der Waals surface area contributed by atoms with Crippen LogP contribution in [-0.4, -0.2) is 51.9 Å². The Morgan fingerprint density at radius 1 is 1.32 bits per heavy atom. The molecule has 0 radical (unpaired) electrons. The average Bonchev–Trinajstić information content (AvgIpc) is 3.22. The minimum absolute atomic E-state index is 0.367. The Hall–Kier alpha value is -1.94. The third kappa shape index (κ3) is 3.55. The number of anilines is 2. The fourth-order valence-corrected chi connectivity index (χ4v) is 4.64. The molecule has 4 rings (SSSR count). The molecule has 148 valence electrons. The molecule has 1 aliphatic heterocycles. The van der Waals surface area contributed by atoms with E-state index in [1.807, 2.05) is 16.7 Å². The van der Waals surface area contributed by atoms with Gasteiger partial charge in [0, 0.05) is 40.9 Å². The summed E-state index contributed by atoms with van der Waals surface area (Å²) in [5, 5.41) is 0.661. The molecule has 28 heavy (non-hydrogen) atoms. The molecule has 0 amide bonds. The van der Waals surface area contributed by atoms with E-state index in [2.05, 4.69) is 35.8 Å². The Morgan fingerprint density at radius 3 is 2.93 bits per heavy atom. The first-order valence-corrected chi connectivity index (χ1v) is 9.99. The minimum Gasteiger partial charge on any atom is -0.383 e. The number of nitrogens with two attached hydrogens (primary N) is 2. The summed E-state index contributed by atoms with van der Waals surface area (Å²) in [6.07, 6.45) is 4.02. The summed E-state index contributed by atoms with van der Waals surface area (Å²) in [4.78, 5) is 15.0. The van der Waals surface area contributed by atoms with E-state index in [9.17, 15) is 0 Å². The van der Waals surface area contributed by atoms with Gasteiger partial charge in [0.2, 0.25) is 0 Å². The lowest BCUT2D eigenvalue weighted by atomic mass is 10.0. The fourth-order valence-electron chi connectivity index (χ4n) is 3.72. The fraction of sp³-hybridized carbons (Fsp3) is 0.389. The molecule has 0 saturated carbocycles. The van der Waals surface area contributed by atoms with Crippen molar-refractivity contribution in [3.63, 3.8) is 0 Å². The van der Waals surface area contributed by atoms with E-state index < -0.39 is 0 Å². The molecule has 2 aromatic heterocycles. The first-order valence-electron chi connectivity index (χ1n) is 8.82. The molecule has 4 N–H and O–H groups in total. The summed E-state index contributed by atoms with van der Waals surface area (Å²) in [7, 11) is 1.68. The Labute approximate surface area is 176 Å². The molecule has 0 bridgehead atoms. The van der Waals surface area contributed by atoms with E-state index in [1.165, 1.54) is 6.33 Å². The molecular formula is C18H21BrClN7O. The molecule has 1 fully saturated rings. The molecule has 1 aromatic carbocycles. The van der Waals surface area contributed by atoms with E-state index in [0.29, 0.717) is 41.7 Å². The molecule has 1 saturated heterocycles. The first-order chi connectivity index (χ1) is 13.4. The van der Waals surface area contributed by atoms with Gasteiger partial charge in [-0.25, -0.2) is 15.0 Å². The zero-order valence-electron chi connectivity index (χ0n) is 15.4. The van der Waals surface area contributed by atoms with Crippen molar-refractivity contribution in [3.8, 4) is 0 Å². The van der Waals surface area contributed by atoms with E-state index in [0.717, 1.165) is 28.7 Å². The van der Waals surface area contributed by atoms with Crippen LogP contribution in [0.1, 0.15) is 12.0 Å². The quantitative estimate of drug-likeness (QED) is 0.594. The van der Waals surface area contributed by atoms with Gasteiger partial charge in [0.05, 0.1) is 25.0 Å². The first kappa shape index (κ1) is 19.4. The number of benzene rings is 1. The molecule has 1 aliphatic rings. The van der Waals surface area contributed by atoms with Crippen molar-refractivity contribution in [3.05, 3.63) is 39.8 Å². The summed E-state index contributed by atoms with van der Waals surface area (Å²) in [5.74, 6) is 0.367. The SMILES string of the molecule is COC[C@@]1(N)CCN(c2cc(Cl)cc(Br)c2Cn2cnc3c(N)ncnc32)C1. The Morgan fingerprint density at radius 2 is 2.14 bits per heavy atom. The number of nitrogen functional groups attached to an aromatic ring is 1. The Bertz CT molecular complexity index is 1030. The summed E-state index contributed by atoms with van der Waals surface area (Å²) >= 11 is 10.0. The van der Waals surface area contributed by atoms with Crippen molar-refractivity contribution >= 4 is 50.2 Å². The normalized spacial score (nSPS) is 19.6. The molecule has 1 atom stereocenters. The zero-order valence-corrected chi connectivity index (χ0v) is 17.7. The van der Waals surface area contributed by atoms with Gasteiger partial charge in [-0.3, -0.25) is 0 Å². The molecule has 10 heteroatoms. The number of halogens is 2. The number of rotatable bonds is 5. The molecule has 3 heterocycles. The number of methoxy groups -OCH3 is 1. The number of imidazole rings is 1. The van der Waals surface area contributed by atoms with Crippen LogP contribution in [-0.2, 0) is 11.3 Å². The minimum atomic E-state index is -0.371. The Balaban J connectivity index is 1.72. The molecule has 0 aliphatic carbocycles. The van der Waals surface area contributed by atoms with Gasteiger partial charge in [-0.1, -0.05) is 27.5 Å². The van der Waals surface area contributed by atoms with Gasteiger partial charge < -0.3 is 25.7 Å². The summed E-state index contributed by atoms with van der Waals surface area (Å²) in [5.41, 5.74) is 15.4. The maximum Gasteiger partial charge on any atom is 0.165 e. The van der Waals surface area contributed by atoms with Crippen molar-refractivity contribution in [1.82, 2.24) is 19.5 Å². The third-order valence-corrected chi connectivity index (χ3v) is 5.98. The van der Waals surface area contributed by atoms with Crippen molar-refractivity contribution in [2.75, 3.05) is 37.4 Å². The lowest BCUT2D eigenvalue weighted by Gasteiger charge is -2.27. The molecule has 3 aromatic rings. The summed E-state index contributed by atoms with van der Waals surface area (Å²) in [6.45, 7) is 2.60. The van der Waals surface area contributed by atoms with Crippen LogP contribution in [0.3, 0.4) is 0 Å². The number of ether oxygens (including phenoxy) is 1. The van der Waals surface area contributed by atoms with Crippen LogP contribution >= 0.6 is 27.5 Å². The van der Waals surface area contributed by atoms with Gasteiger partial charge in [-0.15, -0.1) is 0 Å². The van der Waals surface area contributed by atoms with E-state index in [-0.39, 0.29) is 5.54 Å².